The molecule has 18 heavy (non-hydrogen) atoms. The Hall–Kier alpha value is -0.800. The fourth-order valence-corrected chi connectivity index (χ4v) is 2.78. The van der Waals surface area contributed by atoms with E-state index in [1.165, 1.54) is 37.9 Å². The Labute approximate surface area is 115 Å². The molecule has 1 aliphatic rings. The number of rotatable bonds is 3. The monoisotopic (exact) mass is 267 g/mol. The lowest BCUT2D eigenvalue weighted by molar-refractivity contribution is 0.300. The van der Waals surface area contributed by atoms with Crippen LogP contribution in [0.15, 0.2) is 12.3 Å². The van der Waals surface area contributed by atoms with E-state index in [0.717, 1.165) is 12.2 Å². The SMILES string of the molecule is CCN1CCCC(Nc2c(C)ccnc2Cl)CC1. The molecule has 0 spiro atoms. The molecule has 0 aromatic carbocycles. The first-order valence-electron chi connectivity index (χ1n) is 6.80. The predicted molar refractivity (Wildman–Crippen MR) is 77.4 cm³/mol. The number of anilines is 1. The number of nitrogens with zero attached hydrogens (tertiary/aromatic N) is 2. The first kappa shape index (κ1) is 13.6. The topological polar surface area (TPSA) is 28.2 Å². The van der Waals surface area contributed by atoms with Crippen molar-refractivity contribution in [2.45, 2.75) is 39.2 Å². The highest BCUT2D eigenvalue weighted by molar-refractivity contribution is 6.32. The molecule has 3 nitrogen and oxygen atoms in total. The molecule has 0 saturated carbocycles. The molecule has 0 amide bonds. The van der Waals surface area contributed by atoms with Gasteiger partial charge < -0.3 is 10.2 Å². The van der Waals surface area contributed by atoms with Crippen LogP contribution in [0.25, 0.3) is 0 Å². The molecule has 1 fully saturated rings. The van der Waals surface area contributed by atoms with E-state index in [1.807, 2.05) is 6.07 Å². The highest BCUT2D eigenvalue weighted by Gasteiger charge is 2.17. The predicted octanol–water partition coefficient (Wildman–Crippen LogP) is 3.33. The van der Waals surface area contributed by atoms with Crippen LogP contribution in [0.5, 0.6) is 0 Å². The summed E-state index contributed by atoms with van der Waals surface area (Å²) in [5, 5.41) is 4.17. The summed E-state index contributed by atoms with van der Waals surface area (Å²) in [4.78, 5) is 6.67. The number of likely N-dealkylation sites (tertiary alicyclic amines) is 1. The minimum atomic E-state index is 0.516. The van der Waals surface area contributed by atoms with Crippen LogP contribution in [0.1, 0.15) is 31.7 Å². The molecule has 1 aromatic rings. The summed E-state index contributed by atoms with van der Waals surface area (Å²) in [7, 11) is 0. The van der Waals surface area contributed by atoms with Gasteiger partial charge in [0.2, 0.25) is 0 Å². The third-order valence-corrected chi connectivity index (χ3v) is 4.02. The minimum absolute atomic E-state index is 0.516. The number of halogens is 1. The van der Waals surface area contributed by atoms with Crippen molar-refractivity contribution in [2.75, 3.05) is 25.0 Å². The highest BCUT2D eigenvalue weighted by atomic mass is 35.5. The molecular formula is C14H22ClN3. The summed E-state index contributed by atoms with van der Waals surface area (Å²) >= 11 is 6.16. The molecule has 2 rings (SSSR count). The lowest BCUT2D eigenvalue weighted by Gasteiger charge is -2.20. The third-order valence-electron chi connectivity index (χ3n) is 3.73. The van der Waals surface area contributed by atoms with E-state index >= 15 is 0 Å². The van der Waals surface area contributed by atoms with Crippen LogP contribution < -0.4 is 5.32 Å². The van der Waals surface area contributed by atoms with Crippen LogP contribution in [-0.4, -0.2) is 35.6 Å². The lowest BCUT2D eigenvalue weighted by atomic mass is 10.1. The van der Waals surface area contributed by atoms with Gasteiger partial charge in [0.05, 0.1) is 5.69 Å². The quantitative estimate of drug-likeness (QED) is 0.852. The van der Waals surface area contributed by atoms with Gasteiger partial charge >= 0.3 is 0 Å². The Morgan fingerprint density at radius 2 is 2.28 bits per heavy atom. The van der Waals surface area contributed by atoms with Gasteiger partial charge in [-0.05, 0) is 50.9 Å². The van der Waals surface area contributed by atoms with Crippen LogP contribution in [-0.2, 0) is 0 Å². The number of nitrogens with one attached hydrogen (secondary N) is 1. The molecule has 1 unspecified atom stereocenters. The van der Waals surface area contributed by atoms with Gasteiger partial charge in [0.25, 0.3) is 0 Å². The van der Waals surface area contributed by atoms with E-state index in [9.17, 15) is 0 Å². The van der Waals surface area contributed by atoms with E-state index in [-0.39, 0.29) is 0 Å². The molecule has 100 valence electrons. The van der Waals surface area contributed by atoms with Crippen molar-refractivity contribution in [1.82, 2.24) is 9.88 Å². The van der Waals surface area contributed by atoms with Gasteiger partial charge in [-0.25, -0.2) is 4.98 Å². The molecule has 1 atom stereocenters. The van der Waals surface area contributed by atoms with Crippen LogP contribution in [0.4, 0.5) is 5.69 Å². The standard InChI is InChI=1S/C14H22ClN3/c1-3-18-9-4-5-12(7-10-18)17-13-11(2)6-8-16-14(13)15/h6,8,12,17H,3-5,7,9-10H2,1-2H3. The molecule has 0 bridgehead atoms. The first-order valence-corrected chi connectivity index (χ1v) is 7.18. The van der Waals surface area contributed by atoms with E-state index in [0.29, 0.717) is 11.2 Å². The molecule has 0 aliphatic carbocycles. The highest BCUT2D eigenvalue weighted by Crippen LogP contribution is 2.25. The van der Waals surface area contributed by atoms with Gasteiger partial charge in [0.1, 0.15) is 0 Å². The lowest BCUT2D eigenvalue weighted by Crippen LogP contribution is -2.26. The van der Waals surface area contributed by atoms with E-state index < -0.39 is 0 Å². The normalized spacial score (nSPS) is 21.6. The van der Waals surface area contributed by atoms with Gasteiger partial charge in [-0.15, -0.1) is 0 Å². The number of hydrogen-bond donors (Lipinski definition) is 1. The zero-order valence-electron chi connectivity index (χ0n) is 11.2. The fraction of sp³-hybridized carbons (Fsp3) is 0.643. The Morgan fingerprint density at radius 1 is 1.44 bits per heavy atom. The van der Waals surface area contributed by atoms with Crippen molar-refractivity contribution < 1.29 is 0 Å². The van der Waals surface area contributed by atoms with Gasteiger partial charge in [-0.2, -0.15) is 0 Å². The van der Waals surface area contributed by atoms with Gasteiger partial charge in [0.15, 0.2) is 5.15 Å². The van der Waals surface area contributed by atoms with Crippen LogP contribution in [0, 0.1) is 6.92 Å². The average Bonchev–Trinajstić information content (AvgIpc) is 2.59. The molecule has 1 N–H and O–H groups in total. The minimum Gasteiger partial charge on any atom is -0.380 e. The zero-order chi connectivity index (χ0) is 13.0. The number of aryl methyl sites for hydroxylation is 1. The Kier molecular flexibility index (Phi) is 4.84. The van der Waals surface area contributed by atoms with Crippen molar-refractivity contribution >= 4 is 17.3 Å². The Morgan fingerprint density at radius 3 is 3.00 bits per heavy atom. The number of pyridine rings is 1. The third kappa shape index (κ3) is 3.36. The first-order chi connectivity index (χ1) is 8.70. The van der Waals surface area contributed by atoms with Gasteiger partial charge in [-0.1, -0.05) is 18.5 Å². The summed E-state index contributed by atoms with van der Waals surface area (Å²) in [5.74, 6) is 0. The van der Waals surface area contributed by atoms with Crippen molar-refractivity contribution in [3.05, 3.63) is 23.0 Å². The van der Waals surface area contributed by atoms with Crippen molar-refractivity contribution in [3.63, 3.8) is 0 Å². The van der Waals surface area contributed by atoms with Crippen molar-refractivity contribution in [1.29, 1.82) is 0 Å². The summed E-state index contributed by atoms with van der Waals surface area (Å²) in [6.07, 6.45) is 5.40. The summed E-state index contributed by atoms with van der Waals surface area (Å²) in [5.41, 5.74) is 2.18. The van der Waals surface area contributed by atoms with Crippen molar-refractivity contribution in [3.8, 4) is 0 Å². The zero-order valence-corrected chi connectivity index (χ0v) is 12.0. The second-order valence-corrected chi connectivity index (χ2v) is 5.36. The Bertz CT molecular complexity index is 374. The molecular weight excluding hydrogens is 246 g/mol. The second-order valence-electron chi connectivity index (χ2n) is 5.00. The average molecular weight is 268 g/mol. The van der Waals surface area contributed by atoms with E-state index in [2.05, 4.69) is 29.0 Å². The molecule has 4 heteroatoms. The van der Waals surface area contributed by atoms with Gasteiger partial charge in [-0.3, -0.25) is 0 Å². The fourth-order valence-electron chi connectivity index (χ4n) is 2.52. The molecule has 1 aliphatic heterocycles. The summed E-state index contributed by atoms with van der Waals surface area (Å²) in [6, 6.07) is 2.52. The van der Waals surface area contributed by atoms with E-state index in [1.54, 1.807) is 6.20 Å². The van der Waals surface area contributed by atoms with Crippen LogP contribution in [0.3, 0.4) is 0 Å². The molecule has 1 aromatic heterocycles. The van der Waals surface area contributed by atoms with Crippen LogP contribution in [0.2, 0.25) is 5.15 Å². The van der Waals surface area contributed by atoms with E-state index in [4.69, 9.17) is 11.6 Å². The maximum Gasteiger partial charge on any atom is 0.152 e. The second kappa shape index (κ2) is 6.39. The maximum absolute atomic E-state index is 6.16. The smallest absolute Gasteiger partial charge is 0.152 e. The van der Waals surface area contributed by atoms with Crippen LogP contribution >= 0.6 is 11.6 Å². The molecule has 2 heterocycles. The number of aromatic nitrogens is 1. The summed E-state index contributed by atoms with van der Waals surface area (Å²) in [6.45, 7) is 7.85. The number of hydrogen-bond acceptors (Lipinski definition) is 3. The van der Waals surface area contributed by atoms with Gasteiger partial charge in [0, 0.05) is 18.8 Å². The molecule has 0 radical (unpaired) electrons. The Balaban J connectivity index is 2.01. The molecule has 1 saturated heterocycles. The summed E-state index contributed by atoms with van der Waals surface area (Å²) < 4.78 is 0. The van der Waals surface area contributed by atoms with Crippen molar-refractivity contribution in [2.24, 2.45) is 0 Å². The largest absolute Gasteiger partial charge is 0.380 e. The maximum atomic E-state index is 6.16.